The first kappa shape index (κ1) is 10.0. The second-order valence-corrected chi connectivity index (χ2v) is 2.79. The maximum Gasteiger partial charge on any atom is 0.337 e. The number of hydrogen-bond donors (Lipinski definition) is 1. The molecule has 0 atom stereocenters. The number of hydrogen-bond acceptors (Lipinski definition) is 2. The molecule has 3 nitrogen and oxygen atoms in total. The first-order valence-electron chi connectivity index (χ1n) is 3.31. The topological polar surface area (TPSA) is 50.2 Å². The summed E-state index contributed by atoms with van der Waals surface area (Å²) in [6.45, 7) is 0. The molecule has 13 heavy (non-hydrogen) atoms. The van der Waals surface area contributed by atoms with Crippen molar-refractivity contribution in [3.63, 3.8) is 0 Å². The second-order valence-electron chi connectivity index (χ2n) is 2.16. The van der Waals surface area contributed by atoms with Crippen LogP contribution in [0.2, 0.25) is 0 Å². The Morgan fingerprint density at radius 2 is 2.31 bits per heavy atom. The van der Waals surface area contributed by atoms with E-state index in [1.54, 1.807) is 0 Å². The van der Waals surface area contributed by atoms with Gasteiger partial charge < -0.3 is 5.11 Å². The van der Waals surface area contributed by atoms with Crippen LogP contribution in [-0.2, 0) is 0 Å². The van der Waals surface area contributed by atoms with E-state index in [1.165, 1.54) is 18.3 Å². The van der Waals surface area contributed by atoms with E-state index in [0.717, 1.165) is 5.54 Å². The monoisotopic (exact) mass is 217 g/mol. The third-order valence-corrected chi connectivity index (χ3v) is 1.98. The van der Waals surface area contributed by atoms with Gasteiger partial charge >= 0.3 is 5.97 Å². The molecule has 1 aromatic heterocycles. The Morgan fingerprint density at radius 3 is 2.85 bits per heavy atom. The number of aromatic nitrogens is 1. The predicted molar refractivity (Wildman–Crippen MR) is 50.9 cm³/mol. The van der Waals surface area contributed by atoms with Crippen LogP contribution in [0.15, 0.2) is 23.9 Å². The summed E-state index contributed by atoms with van der Waals surface area (Å²) in [5.74, 6) is -1.08. The molecule has 1 N–H and O–H groups in total. The molecule has 0 aliphatic carbocycles. The number of carboxylic acids is 1. The first-order chi connectivity index (χ1) is 6.16. The Balaban J connectivity index is 3.28. The van der Waals surface area contributed by atoms with Crippen LogP contribution >= 0.6 is 23.2 Å². The van der Waals surface area contributed by atoms with Crippen molar-refractivity contribution < 1.29 is 9.90 Å². The van der Waals surface area contributed by atoms with Crippen molar-refractivity contribution in [2.24, 2.45) is 0 Å². The van der Waals surface area contributed by atoms with Crippen LogP contribution in [0.3, 0.4) is 0 Å². The van der Waals surface area contributed by atoms with Crippen LogP contribution in [0, 0.1) is 0 Å². The van der Waals surface area contributed by atoms with E-state index >= 15 is 0 Å². The summed E-state index contributed by atoms with van der Waals surface area (Å²) in [4.78, 5) is 14.5. The number of pyridine rings is 1. The zero-order chi connectivity index (χ0) is 9.84. The SMILES string of the molecule is O=C(O)c1cccnc1/C(Cl)=C/Cl. The fourth-order valence-corrected chi connectivity index (χ4v) is 1.07. The maximum atomic E-state index is 10.7. The summed E-state index contributed by atoms with van der Waals surface area (Å²) in [5.41, 5.74) is 1.28. The second kappa shape index (κ2) is 4.25. The highest BCUT2D eigenvalue weighted by Crippen LogP contribution is 2.20. The predicted octanol–water partition coefficient (Wildman–Crippen LogP) is 2.56. The van der Waals surface area contributed by atoms with Gasteiger partial charge in [-0.15, -0.1) is 0 Å². The van der Waals surface area contributed by atoms with Gasteiger partial charge in [0.05, 0.1) is 16.3 Å². The summed E-state index contributed by atoms with van der Waals surface area (Å²) in [6, 6.07) is 2.93. The molecule has 5 heteroatoms. The Hall–Kier alpha value is -1.06. The molecule has 0 bridgehead atoms. The van der Waals surface area contributed by atoms with Crippen molar-refractivity contribution in [1.82, 2.24) is 4.98 Å². The van der Waals surface area contributed by atoms with Gasteiger partial charge in [-0.1, -0.05) is 23.2 Å². The number of halogens is 2. The minimum absolute atomic E-state index is 0.0319. The van der Waals surface area contributed by atoms with E-state index in [2.05, 4.69) is 4.98 Å². The summed E-state index contributed by atoms with van der Waals surface area (Å²) < 4.78 is 0. The minimum Gasteiger partial charge on any atom is -0.478 e. The normalized spacial score (nSPS) is 11.4. The van der Waals surface area contributed by atoms with Crippen LogP contribution in [0.25, 0.3) is 5.03 Å². The van der Waals surface area contributed by atoms with Gasteiger partial charge in [0.15, 0.2) is 0 Å². The molecule has 1 heterocycles. The Bertz CT molecular complexity index is 363. The number of aromatic carboxylic acids is 1. The van der Waals surface area contributed by atoms with Gasteiger partial charge in [-0.2, -0.15) is 0 Å². The Kier molecular flexibility index (Phi) is 3.28. The highest BCUT2D eigenvalue weighted by Gasteiger charge is 2.12. The fourth-order valence-electron chi connectivity index (χ4n) is 0.820. The third-order valence-electron chi connectivity index (χ3n) is 1.36. The quantitative estimate of drug-likeness (QED) is 0.829. The minimum atomic E-state index is -1.08. The van der Waals surface area contributed by atoms with E-state index in [4.69, 9.17) is 28.3 Å². The molecule has 0 radical (unpaired) electrons. The molecule has 0 spiro atoms. The first-order valence-corrected chi connectivity index (χ1v) is 4.13. The molecular weight excluding hydrogens is 213 g/mol. The summed E-state index contributed by atoms with van der Waals surface area (Å²) in [6.07, 6.45) is 1.45. The smallest absolute Gasteiger partial charge is 0.337 e. The molecule has 0 aromatic carbocycles. The van der Waals surface area contributed by atoms with Gasteiger partial charge in [-0.05, 0) is 12.1 Å². The number of rotatable bonds is 2. The number of carbonyl (C=O) groups is 1. The molecular formula is C8H5Cl2NO2. The highest BCUT2D eigenvalue weighted by molar-refractivity contribution is 6.53. The van der Waals surface area contributed by atoms with Crippen LogP contribution in [0.5, 0.6) is 0 Å². The summed E-state index contributed by atoms with van der Waals surface area (Å²) >= 11 is 11.0. The average Bonchev–Trinajstić information content (AvgIpc) is 2.16. The van der Waals surface area contributed by atoms with Gasteiger partial charge in [-0.3, -0.25) is 4.98 Å². The lowest BCUT2D eigenvalue weighted by Crippen LogP contribution is -2.02. The molecule has 0 saturated heterocycles. The lowest BCUT2D eigenvalue weighted by Gasteiger charge is -2.01. The molecule has 68 valence electrons. The molecule has 0 aliphatic rings. The van der Waals surface area contributed by atoms with Crippen LogP contribution in [0.1, 0.15) is 16.1 Å². The van der Waals surface area contributed by atoms with Gasteiger partial charge in [-0.25, -0.2) is 4.79 Å². The van der Waals surface area contributed by atoms with E-state index in [0.29, 0.717) is 0 Å². The third kappa shape index (κ3) is 2.20. The number of nitrogens with zero attached hydrogens (tertiary/aromatic N) is 1. The van der Waals surface area contributed by atoms with Crippen molar-refractivity contribution in [1.29, 1.82) is 0 Å². The van der Waals surface area contributed by atoms with E-state index < -0.39 is 5.97 Å². The van der Waals surface area contributed by atoms with Crippen molar-refractivity contribution in [2.75, 3.05) is 0 Å². The van der Waals surface area contributed by atoms with Crippen LogP contribution in [0.4, 0.5) is 0 Å². The lowest BCUT2D eigenvalue weighted by atomic mass is 10.2. The molecule has 0 saturated carbocycles. The Labute approximate surface area is 84.6 Å². The standard InChI is InChI=1S/C8H5Cl2NO2/c9-4-6(10)7-5(8(12)13)2-1-3-11-7/h1-4H,(H,12,13)/b6-4-. The van der Waals surface area contributed by atoms with E-state index in [9.17, 15) is 4.79 Å². The van der Waals surface area contributed by atoms with Crippen LogP contribution < -0.4 is 0 Å². The van der Waals surface area contributed by atoms with Crippen LogP contribution in [-0.4, -0.2) is 16.1 Å². The van der Waals surface area contributed by atoms with Crippen molar-refractivity contribution >= 4 is 34.2 Å². The molecule has 1 rings (SSSR count). The van der Waals surface area contributed by atoms with Gasteiger partial charge in [0.1, 0.15) is 0 Å². The van der Waals surface area contributed by atoms with Crippen molar-refractivity contribution in [3.8, 4) is 0 Å². The van der Waals surface area contributed by atoms with Gasteiger partial charge in [0.2, 0.25) is 0 Å². The molecule has 0 amide bonds. The maximum absolute atomic E-state index is 10.7. The van der Waals surface area contributed by atoms with E-state index in [1.807, 2.05) is 0 Å². The highest BCUT2D eigenvalue weighted by atomic mass is 35.5. The number of carboxylic acid groups (broad SMARTS) is 1. The molecule has 0 fully saturated rings. The molecule has 0 aliphatic heterocycles. The van der Waals surface area contributed by atoms with Gasteiger partial charge in [0, 0.05) is 11.7 Å². The van der Waals surface area contributed by atoms with E-state index in [-0.39, 0.29) is 16.3 Å². The summed E-state index contributed by atoms with van der Waals surface area (Å²) in [5, 5.41) is 8.85. The average molecular weight is 218 g/mol. The lowest BCUT2D eigenvalue weighted by molar-refractivity contribution is 0.0696. The molecule has 1 aromatic rings. The van der Waals surface area contributed by atoms with Crippen molar-refractivity contribution in [2.45, 2.75) is 0 Å². The van der Waals surface area contributed by atoms with Crippen molar-refractivity contribution in [3.05, 3.63) is 35.1 Å². The fraction of sp³-hybridized carbons (Fsp3) is 0. The Morgan fingerprint density at radius 1 is 1.62 bits per heavy atom. The summed E-state index contributed by atoms with van der Waals surface area (Å²) in [7, 11) is 0. The zero-order valence-electron chi connectivity index (χ0n) is 6.37. The zero-order valence-corrected chi connectivity index (χ0v) is 7.88. The largest absolute Gasteiger partial charge is 0.478 e. The molecule has 0 unspecified atom stereocenters. The van der Waals surface area contributed by atoms with Gasteiger partial charge in [0.25, 0.3) is 0 Å².